The molecule has 2 heterocycles. The molecule has 0 bridgehead atoms. The van der Waals surface area contributed by atoms with E-state index in [1.165, 1.54) is 0 Å². The van der Waals surface area contributed by atoms with Crippen LogP contribution < -0.4 is 14.8 Å². The van der Waals surface area contributed by atoms with Crippen LogP contribution in [0.5, 0.6) is 11.5 Å². The maximum atomic E-state index is 13.6. The average Bonchev–Trinajstić information content (AvgIpc) is 3.36. The number of esters is 1. The number of para-hydroxylation sites is 1. The third-order valence-corrected chi connectivity index (χ3v) is 7.20. The molecule has 1 aliphatic heterocycles. The molecule has 0 saturated carbocycles. The number of carbonyl (C=O) groups excluding carboxylic acids is 2. The lowest BCUT2D eigenvalue weighted by Gasteiger charge is -2.39. The van der Waals surface area contributed by atoms with Crippen LogP contribution in [-0.4, -0.2) is 32.6 Å². The highest BCUT2D eigenvalue weighted by Gasteiger charge is 2.46. The number of benzene rings is 1. The summed E-state index contributed by atoms with van der Waals surface area (Å²) >= 11 is 1.65. The van der Waals surface area contributed by atoms with Crippen molar-refractivity contribution < 1.29 is 23.8 Å². The second kappa shape index (κ2) is 9.83. The highest BCUT2D eigenvalue weighted by atomic mass is 32.1. The monoisotopic (exact) mass is 467 g/mol. The van der Waals surface area contributed by atoms with Crippen LogP contribution in [0.2, 0.25) is 0 Å². The molecular weight excluding hydrogens is 438 g/mol. The minimum absolute atomic E-state index is 0.0190. The maximum absolute atomic E-state index is 13.6. The fourth-order valence-corrected chi connectivity index (χ4v) is 5.59. The van der Waals surface area contributed by atoms with E-state index in [-0.39, 0.29) is 11.7 Å². The van der Waals surface area contributed by atoms with Gasteiger partial charge in [0.1, 0.15) is 5.78 Å². The Kier molecular flexibility index (Phi) is 6.88. The zero-order valence-corrected chi connectivity index (χ0v) is 20.2. The van der Waals surface area contributed by atoms with Crippen LogP contribution >= 0.6 is 11.3 Å². The minimum atomic E-state index is -0.538. The second-order valence-corrected chi connectivity index (χ2v) is 9.23. The zero-order chi connectivity index (χ0) is 23.5. The van der Waals surface area contributed by atoms with E-state index in [2.05, 4.69) is 17.5 Å². The van der Waals surface area contributed by atoms with Gasteiger partial charge in [-0.25, -0.2) is 4.79 Å². The van der Waals surface area contributed by atoms with Gasteiger partial charge in [0, 0.05) is 40.1 Å². The summed E-state index contributed by atoms with van der Waals surface area (Å²) in [7, 11) is 3.14. The first-order valence-corrected chi connectivity index (χ1v) is 12.0. The number of methoxy groups -OCH3 is 2. The van der Waals surface area contributed by atoms with Crippen LogP contribution in [0.25, 0.3) is 0 Å². The maximum Gasteiger partial charge on any atom is 0.336 e. The van der Waals surface area contributed by atoms with E-state index in [1.807, 2.05) is 37.4 Å². The largest absolute Gasteiger partial charge is 0.493 e. The van der Waals surface area contributed by atoms with Gasteiger partial charge >= 0.3 is 5.97 Å². The van der Waals surface area contributed by atoms with Crippen molar-refractivity contribution in [3.8, 4) is 11.5 Å². The number of rotatable bonds is 7. The highest BCUT2D eigenvalue weighted by Crippen LogP contribution is 2.50. The summed E-state index contributed by atoms with van der Waals surface area (Å²) in [5, 5.41) is 5.39. The predicted octanol–water partition coefficient (Wildman–Crippen LogP) is 4.94. The van der Waals surface area contributed by atoms with E-state index in [0.29, 0.717) is 42.2 Å². The Labute approximate surface area is 198 Å². The molecule has 1 aliphatic carbocycles. The first kappa shape index (κ1) is 23.1. The summed E-state index contributed by atoms with van der Waals surface area (Å²) in [5.74, 6) is -0.305. The van der Waals surface area contributed by atoms with Crippen molar-refractivity contribution in [2.24, 2.45) is 5.92 Å². The topological polar surface area (TPSA) is 73.9 Å². The summed E-state index contributed by atoms with van der Waals surface area (Å²) < 4.78 is 16.8. The van der Waals surface area contributed by atoms with Crippen molar-refractivity contribution in [3.05, 3.63) is 69.2 Å². The lowest BCUT2D eigenvalue weighted by molar-refractivity contribution is -0.139. The quantitative estimate of drug-likeness (QED) is 0.582. The highest BCUT2D eigenvalue weighted by molar-refractivity contribution is 7.10. The normalized spacial score (nSPS) is 22.2. The molecule has 4 rings (SSSR count). The van der Waals surface area contributed by atoms with Gasteiger partial charge in [0.2, 0.25) is 0 Å². The van der Waals surface area contributed by atoms with Gasteiger partial charge in [-0.3, -0.25) is 4.79 Å². The molecule has 174 valence electrons. The third kappa shape index (κ3) is 4.29. The number of ketones is 1. The van der Waals surface area contributed by atoms with Gasteiger partial charge in [-0.1, -0.05) is 31.2 Å². The molecule has 0 fully saturated rings. The number of Topliss-reactive ketones (excluding diaryl/α,β-unsaturated/α-hetero) is 1. The lowest BCUT2D eigenvalue weighted by atomic mass is 9.69. The van der Waals surface area contributed by atoms with Crippen LogP contribution in [0.1, 0.15) is 49.0 Å². The molecule has 2 aromatic rings. The lowest BCUT2D eigenvalue weighted by Crippen LogP contribution is -2.42. The van der Waals surface area contributed by atoms with Gasteiger partial charge in [0.15, 0.2) is 11.5 Å². The van der Waals surface area contributed by atoms with Gasteiger partial charge in [0.25, 0.3) is 0 Å². The first-order valence-electron chi connectivity index (χ1n) is 11.1. The smallest absolute Gasteiger partial charge is 0.336 e. The summed E-state index contributed by atoms with van der Waals surface area (Å²) in [6.07, 6.45) is 3.24. The molecule has 6 nitrogen and oxygen atoms in total. The molecule has 3 unspecified atom stereocenters. The van der Waals surface area contributed by atoms with E-state index >= 15 is 0 Å². The standard InChI is InChI=1S/C26H29NO5S/c1-5-11-32-26(29)22-15(2)27-18-13-16(21-10-7-12-33-21)14-19(28)24(18)23(22)17-8-6-9-20(30-3)25(17)31-4/h6-10,12-13,16,23-24,27H,5,11,14H2,1-4H3. The molecule has 0 radical (unpaired) electrons. The van der Waals surface area contributed by atoms with Gasteiger partial charge in [-0.2, -0.15) is 0 Å². The van der Waals surface area contributed by atoms with Crippen molar-refractivity contribution >= 4 is 23.1 Å². The van der Waals surface area contributed by atoms with E-state index < -0.39 is 17.8 Å². The van der Waals surface area contributed by atoms with Gasteiger partial charge in [-0.15, -0.1) is 11.3 Å². The Morgan fingerprint density at radius 1 is 1.15 bits per heavy atom. The molecule has 33 heavy (non-hydrogen) atoms. The van der Waals surface area contributed by atoms with Gasteiger partial charge in [0.05, 0.1) is 32.3 Å². The molecule has 3 atom stereocenters. The Balaban J connectivity index is 1.88. The summed E-state index contributed by atoms with van der Waals surface area (Å²) in [5.41, 5.74) is 2.71. The number of nitrogens with one attached hydrogen (secondary N) is 1. The first-order chi connectivity index (χ1) is 16.0. The molecule has 0 saturated heterocycles. The van der Waals surface area contributed by atoms with E-state index in [0.717, 1.165) is 16.1 Å². The second-order valence-electron chi connectivity index (χ2n) is 8.25. The molecule has 0 amide bonds. The predicted molar refractivity (Wildman–Crippen MR) is 128 cm³/mol. The van der Waals surface area contributed by atoms with Crippen molar-refractivity contribution in [2.45, 2.75) is 38.5 Å². The van der Waals surface area contributed by atoms with E-state index in [9.17, 15) is 9.59 Å². The molecule has 1 N–H and O–H groups in total. The number of hydrogen-bond donors (Lipinski definition) is 1. The number of ether oxygens (including phenoxy) is 3. The van der Waals surface area contributed by atoms with Crippen molar-refractivity contribution in [2.75, 3.05) is 20.8 Å². The zero-order valence-electron chi connectivity index (χ0n) is 19.3. The fourth-order valence-electron chi connectivity index (χ4n) is 4.79. The van der Waals surface area contributed by atoms with Gasteiger partial charge in [-0.05, 0) is 30.9 Å². The van der Waals surface area contributed by atoms with Crippen LogP contribution in [0.4, 0.5) is 0 Å². The van der Waals surface area contributed by atoms with Crippen molar-refractivity contribution in [1.82, 2.24) is 5.32 Å². The van der Waals surface area contributed by atoms with E-state index in [1.54, 1.807) is 31.6 Å². The third-order valence-electron chi connectivity index (χ3n) is 6.20. The molecule has 1 aromatic carbocycles. The van der Waals surface area contributed by atoms with Crippen LogP contribution in [0, 0.1) is 5.92 Å². The van der Waals surface area contributed by atoms with E-state index in [4.69, 9.17) is 14.2 Å². The summed E-state index contributed by atoms with van der Waals surface area (Å²) in [6.45, 7) is 4.13. The number of carbonyl (C=O) groups is 2. The minimum Gasteiger partial charge on any atom is -0.493 e. The number of hydrogen-bond acceptors (Lipinski definition) is 7. The Morgan fingerprint density at radius 2 is 1.97 bits per heavy atom. The molecule has 7 heteroatoms. The van der Waals surface area contributed by atoms with Crippen LogP contribution in [0.3, 0.4) is 0 Å². The van der Waals surface area contributed by atoms with Crippen LogP contribution in [-0.2, 0) is 14.3 Å². The Bertz CT molecular complexity index is 1100. The Hall–Kier alpha value is -3.06. The summed E-state index contributed by atoms with van der Waals surface area (Å²) in [4.78, 5) is 28.0. The fraction of sp³-hybridized carbons (Fsp3) is 0.385. The Morgan fingerprint density at radius 3 is 2.64 bits per heavy atom. The summed E-state index contributed by atoms with van der Waals surface area (Å²) in [6, 6.07) is 9.62. The molecule has 0 spiro atoms. The molecule has 2 aliphatic rings. The van der Waals surface area contributed by atoms with Crippen LogP contribution in [0.15, 0.2) is 58.8 Å². The number of thiophene rings is 1. The molecular formula is C26H29NO5S. The SMILES string of the molecule is CCCOC(=O)C1=C(C)NC2=CC(c3cccs3)CC(=O)C2C1c1cccc(OC)c1OC. The average molecular weight is 468 g/mol. The number of fused-ring (bicyclic) bond motifs is 1. The van der Waals surface area contributed by atoms with Gasteiger partial charge < -0.3 is 19.5 Å². The van der Waals surface area contributed by atoms with Crippen molar-refractivity contribution in [3.63, 3.8) is 0 Å². The molecule has 1 aromatic heterocycles. The number of allylic oxidation sites excluding steroid dienone is 3. The van der Waals surface area contributed by atoms with Crippen molar-refractivity contribution in [1.29, 1.82) is 0 Å².